The molecule has 2 unspecified atom stereocenters. The van der Waals surface area contributed by atoms with Crippen molar-refractivity contribution in [1.82, 2.24) is 5.32 Å². The van der Waals surface area contributed by atoms with Crippen molar-refractivity contribution in [3.63, 3.8) is 0 Å². The second kappa shape index (κ2) is 6.71. The third-order valence-electron chi connectivity index (χ3n) is 5.12. The number of anilines is 1. The summed E-state index contributed by atoms with van der Waals surface area (Å²) in [5, 5.41) is 5.95. The van der Waals surface area contributed by atoms with Crippen molar-refractivity contribution >= 4 is 17.5 Å². The van der Waals surface area contributed by atoms with Gasteiger partial charge >= 0.3 is 0 Å². The van der Waals surface area contributed by atoms with Gasteiger partial charge in [-0.2, -0.15) is 0 Å². The number of fused-ring (bicyclic) bond motifs is 2. The molecule has 124 valence electrons. The normalized spacial score (nSPS) is 29.7. The van der Waals surface area contributed by atoms with Gasteiger partial charge in [0.05, 0.1) is 0 Å². The number of amides is 2. The molecule has 0 aromatic heterocycles. The van der Waals surface area contributed by atoms with Gasteiger partial charge in [-0.05, 0) is 55.7 Å². The molecule has 4 N–H and O–H groups in total. The molecule has 3 rings (SSSR count). The fraction of sp³-hybridized carbons (Fsp3) is 0.556. The van der Waals surface area contributed by atoms with E-state index >= 15 is 0 Å². The van der Waals surface area contributed by atoms with Crippen molar-refractivity contribution in [2.45, 2.75) is 51.1 Å². The molecule has 5 heteroatoms. The fourth-order valence-corrected chi connectivity index (χ4v) is 4.20. The van der Waals surface area contributed by atoms with Crippen LogP contribution in [0.3, 0.4) is 0 Å². The first kappa shape index (κ1) is 16.0. The summed E-state index contributed by atoms with van der Waals surface area (Å²) in [5.41, 5.74) is 7.38. The van der Waals surface area contributed by atoms with Crippen LogP contribution in [0.25, 0.3) is 0 Å². The molecule has 0 radical (unpaired) electrons. The summed E-state index contributed by atoms with van der Waals surface area (Å²) in [6, 6.07) is 7.60. The molecule has 2 aliphatic rings. The molecule has 2 aliphatic carbocycles. The minimum Gasteiger partial charge on any atom is -0.349 e. The van der Waals surface area contributed by atoms with Crippen LogP contribution >= 0.6 is 0 Å². The first-order valence-electron chi connectivity index (χ1n) is 8.47. The number of benzene rings is 1. The molecule has 2 amide bonds. The lowest BCUT2D eigenvalue weighted by Crippen LogP contribution is -2.53. The van der Waals surface area contributed by atoms with Gasteiger partial charge in [0, 0.05) is 30.3 Å². The van der Waals surface area contributed by atoms with Crippen LogP contribution in [-0.4, -0.2) is 23.9 Å². The third kappa shape index (κ3) is 3.72. The Kier molecular flexibility index (Phi) is 4.66. The highest BCUT2D eigenvalue weighted by atomic mass is 16.2. The molecule has 2 saturated carbocycles. The van der Waals surface area contributed by atoms with Gasteiger partial charge in [0.15, 0.2) is 0 Å². The molecule has 2 fully saturated rings. The van der Waals surface area contributed by atoms with Crippen molar-refractivity contribution < 1.29 is 9.59 Å². The van der Waals surface area contributed by atoms with Gasteiger partial charge in [0.25, 0.3) is 5.91 Å². The van der Waals surface area contributed by atoms with Gasteiger partial charge in [0.1, 0.15) is 0 Å². The van der Waals surface area contributed by atoms with Gasteiger partial charge in [-0.15, -0.1) is 0 Å². The summed E-state index contributed by atoms with van der Waals surface area (Å²) in [5.74, 6) is 0.799. The van der Waals surface area contributed by atoms with Crippen LogP contribution in [0.15, 0.2) is 24.3 Å². The summed E-state index contributed by atoms with van der Waals surface area (Å²) >= 11 is 0. The SMILES string of the molecule is CC(=O)Nc1cccc(C(=O)NC2C3CCCC2CC(N)C3)c1. The van der Waals surface area contributed by atoms with E-state index in [0.29, 0.717) is 23.1 Å². The summed E-state index contributed by atoms with van der Waals surface area (Å²) in [4.78, 5) is 23.8. The van der Waals surface area contributed by atoms with Crippen LogP contribution in [0.2, 0.25) is 0 Å². The molecule has 23 heavy (non-hydrogen) atoms. The number of rotatable bonds is 3. The quantitative estimate of drug-likeness (QED) is 0.800. The average molecular weight is 315 g/mol. The molecule has 0 saturated heterocycles. The number of hydrogen-bond donors (Lipinski definition) is 3. The Bertz CT molecular complexity index is 588. The summed E-state index contributed by atoms with van der Waals surface area (Å²) in [6.45, 7) is 1.46. The van der Waals surface area contributed by atoms with E-state index in [1.165, 1.54) is 13.3 Å². The van der Waals surface area contributed by atoms with E-state index in [4.69, 9.17) is 5.73 Å². The Balaban J connectivity index is 1.70. The number of nitrogens with two attached hydrogens (primary N) is 1. The predicted molar refractivity (Wildman–Crippen MR) is 90.0 cm³/mol. The molecule has 0 heterocycles. The highest BCUT2D eigenvalue weighted by Crippen LogP contribution is 2.39. The molecule has 1 aromatic carbocycles. The Labute approximate surface area is 137 Å². The summed E-state index contributed by atoms with van der Waals surface area (Å²) in [6.07, 6.45) is 5.56. The Morgan fingerprint density at radius 2 is 1.87 bits per heavy atom. The average Bonchev–Trinajstić information content (AvgIpc) is 2.47. The molecule has 2 bridgehead atoms. The van der Waals surface area contributed by atoms with Crippen molar-refractivity contribution in [3.8, 4) is 0 Å². The zero-order chi connectivity index (χ0) is 16.4. The van der Waals surface area contributed by atoms with Gasteiger partial charge in [-0.1, -0.05) is 12.5 Å². The van der Waals surface area contributed by atoms with Crippen LogP contribution in [0.4, 0.5) is 5.69 Å². The second-order valence-electron chi connectivity index (χ2n) is 6.94. The molecule has 2 atom stereocenters. The van der Waals surface area contributed by atoms with E-state index in [-0.39, 0.29) is 23.9 Å². The van der Waals surface area contributed by atoms with Crippen molar-refractivity contribution in [1.29, 1.82) is 0 Å². The van der Waals surface area contributed by atoms with Gasteiger partial charge in [0.2, 0.25) is 5.91 Å². The first-order valence-corrected chi connectivity index (χ1v) is 8.47. The maximum atomic E-state index is 12.6. The van der Waals surface area contributed by atoms with E-state index in [1.807, 2.05) is 0 Å². The number of carbonyl (C=O) groups excluding carboxylic acids is 2. The number of hydrogen-bond acceptors (Lipinski definition) is 3. The van der Waals surface area contributed by atoms with Crippen molar-refractivity contribution in [2.75, 3.05) is 5.32 Å². The fourth-order valence-electron chi connectivity index (χ4n) is 4.20. The molecule has 0 aliphatic heterocycles. The molecule has 5 nitrogen and oxygen atoms in total. The van der Waals surface area contributed by atoms with Gasteiger partial charge in [-0.3, -0.25) is 9.59 Å². The van der Waals surface area contributed by atoms with E-state index in [1.54, 1.807) is 24.3 Å². The minimum absolute atomic E-state index is 0.0606. The second-order valence-corrected chi connectivity index (χ2v) is 6.94. The van der Waals surface area contributed by atoms with Crippen LogP contribution in [-0.2, 0) is 4.79 Å². The zero-order valence-electron chi connectivity index (χ0n) is 13.5. The maximum Gasteiger partial charge on any atom is 0.251 e. The van der Waals surface area contributed by atoms with E-state index in [9.17, 15) is 9.59 Å². The third-order valence-corrected chi connectivity index (χ3v) is 5.12. The molecular formula is C18H25N3O2. The Morgan fingerprint density at radius 1 is 1.17 bits per heavy atom. The highest BCUT2D eigenvalue weighted by Gasteiger charge is 2.39. The van der Waals surface area contributed by atoms with Crippen molar-refractivity contribution in [3.05, 3.63) is 29.8 Å². The first-order chi connectivity index (χ1) is 11.0. The van der Waals surface area contributed by atoms with Gasteiger partial charge < -0.3 is 16.4 Å². The van der Waals surface area contributed by atoms with E-state index in [2.05, 4.69) is 10.6 Å². The van der Waals surface area contributed by atoms with Crippen LogP contribution < -0.4 is 16.4 Å². The zero-order valence-corrected chi connectivity index (χ0v) is 13.5. The van der Waals surface area contributed by atoms with Crippen LogP contribution in [0.5, 0.6) is 0 Å². The number of nitrogens with one attached hydrogen (secondary N) is 2. The van der Waals surface area contributed by atoms with Crippen LogP contribution in [0, 0.1) is 11.8 Å². The topological polar surface area (TPSA) is 84.2 Å². The predicted octanol–water partition coefficient (Wildman–Crippen LogP) is 2.28. The highest BCUT2D eigenvalue weighted by molar-refractivity contribution is 5.97. The van der Waals surface area contributed by atoms with Gasteiger partial charge in [-0.25, -0.2) is 0 Å². The van der Waals surface area contributed by atoms with Crippen LogP contribution in [0.1, 0.15) is 49.4 Å². The Hall–Kier alpha value is -1.88. The lowest BCUT2D eigenvalue weighted by atomic mass is 9.67. The monoisotopic (exact) mass is 315 g/mol. The molecular weight excluding hydrogens is 290 g/mol. The summed E-state index contributed by atoms with van der Waals surface area (Å²) < 4.78 is 0. The maximum absolute atomic E-state index is 12.6. The Morgan fingerprint density at radius 3 is 2.52 bits per heavy atom. The molecule has 0 spiro atoms. The van der Waals surface area contributed by atoms with E-state index < -0.39 is 0 Å². The standard InChI is InChI=1S/C18H25N3O2/c1-11(22)20-16-7-3-6-14(10-16)18(23)21-17-12-4-2-5-13(17)9-15(19)8-12/h3,6-7,10,12-13,15,17H,2,4-5,8-9,19H2,1H3,(H,20,22)(H,21,23). The molecule has 1 aromatic rings. The minimum atomic E-state index is -0.140. The summed E-state index contributed by atoms with van der Waals surface area (Å²) in [7, 11) is 0. The largest absolute Gasteiger partial charge is 0.349 e. The smallest absolute Gasteiger partial charge is 0.251 e. The lowest BCUT2D eigenvalue weighted by molar-refractivity contribution is -0.114. The van der Waals surface area contributed by atoms with E-state index in [0.717, 1.165) is 25.7 Å². The van der Waals surface area contributed by atoms with Crippen molar-refractivity contribution in [2.24, 2.45) is 17.6 Å². The number of carbonyl (C=O) groups is 2. The lowest BCUT2D eigenvalue weighted by Gasteiger charge is -2.45.